The maximum atomic E-state index is 13.5. The number of hydrogen-bond donors (Lipinski definition) is 1. The molecule has 1 aliphatic heterocycles. The molecule has 1 aromatic heterocycles. The highest BCUT2D eigenvalue weighted by molar-refractivity contribution is 7.89. The van der Waals surface area contributed by atoms with Gasteiger partial charge in [0.1, 0.15) is 16.4 Å². The van der Waals surface area contributed by atoms with Crippen LogP contribution >= 0.6 is 12.4 Å². The molecule has 0 spiro atoms. The van der Waals surface area contributed by atoms with E-state index < -0.39 is 33.8 Å². The van der Waals surface area contributed by atoms with Crippen LogP contribution in [0.5, 0.6) is 0 Å². The molecule has 1 atom stereocenters. The van der Waals surface area contributed by atoms with E-state index in [0.717, 1.165) is 10.4 Å². The summed E-state index contributed by atoms with van der Waals surface area (Å²) in [5.74, 6) is -0.499. The van der Waals surface area contributed by atoms with E-state index in [2.05, 4.69) is 10.3 Å². The third-order valence-electron chi connectivity index (χ3n) is 4.06. The fourth-order valence-corrected chi connectivity index (χ4v) is 4.37. The molecule has 1 unspecified atom stereocenters. The Hall–Kier alpha value is -1.75. The third kappa shape index (κ3) is 4.57. The quantitative estimate of drug-likeness (QED) is 0.768. The molecule has 11 heteroatoms. The SMILES string of the molecule is Cl.O=S(=O)(c1ccc(C(F)(F)F)nc1)N1CCNCC1c1cccc(F)c1. The highest BCUT2D eigenvalue weighted by Crippen LogP contribution is 2.31. The van der Waals surface area contributed by atoms with Crippen molar-refractivity contribution in [3.05, 3.63) is 59.7 Å². The highest BCUT2D eigenvalue weighted by Gasteiger charge is 2.36. The minimum absolute atomic E-state index is 0. The Bertz CT molecular complexity index is 891. The van der Waals surface area contributed by atoms with Crippen molar-refractivity contribution in [2.75, 3.05) is 19.6 Å². The molecule has 148 valence electrons. The topological polar surface area (TPSA) is 62.3 Å². The average Bonchev–Trinajstić information content (AvgIpc) is 2.61. The second-order valence-electron chi connectivity index (χ2n) is 5.77. The fourth-order valence-electron chi connectivity index (χ4n) is 2.81. The summed E-state index contributed by atoms with van der Waals surface area (Å²) in [5, 5.41) is 3.04. The van der Waals surface area contributed by atoms with Gasteiger partial charge in [0, 0.05) is 25.8 Å². The number of rotatable bonds is 3. The number of benzene rings is 1. The molecular weight excluding hydrogens is 410 g/mol. The molecule has 2 aromatic rings. The van der Waals surface area contributed by atoms with Crippen LogP contribution in [0.2, 0.25) is 0 Å². The predicted molar refractivity (Wildman–Crippen MR) is 92.4 cm³/mol. The predicted octanol–water partition coefficient (Wildman–Crippen LogP) is 3.00. The Balaban J connectivity index is 0.00000261. The summed E-state index contributed by atoms with van der Waals surface area (Å²) in [6.45, 7) is 0.736. The van der Waals surface area contributed by atoms with Gasteiger partial charge in [-0.2, -0.15) is 17.5 Å². The summed E-state index contributed by atoms with van der Waals surface area (Å²) in [7, 11) is -4.09. The molecule has 0 aliphatic carbocycles. The van der Waals surface area contributed by atoms with Crippen LogP contribution in [-0.2, 0) is 16.2 Å². The van der Waals surface area contributed by atoms with Gasteiger partial charge in [0.15, 0.2) is 0 Å². The van der Waals surface area contributed by atoms with Crippen molar-refractivity contribution in [2.45, 2.75) is 17.1 Å². The fraction of sp³-hybridized carbons (Fsp3) is 0.312. The van der Waals surface area contributed by atoms with Crippen LogP contribution < -0.4 is 5.32 Å². The van der Waals surface area contributed by atoms with Crippen molar-refractivity contribution in [2.24, 2.45) is 0 Å². The van der Waals surface area contributed by atoms with Crippen molar-refractivity contribution in [3.8, 4) is 0 Å². The molecule has 5 nitrogen and oxygen atoms in total. The van der Waals surface area contributed by atoms with E-state index in [0.29, 0.717) is 24.4 Å². The molecule has 1 fully saturated rings. The number of piperazine rings is 1. The van der Waals surface area contributed by atoms with Gasteiger partial charge in [0.25, 0.3) is 0 Å². The summed E-state index contributed by atoms with van der Waals surface area (Å²) in [5.41, 5.74) is -0.709. The van der Waals surface area contributed by atoms with E-state index in [-0.39, 0.29) is 30.4 Å². The monoisotopic (exact) mass is 425 g/mol. The molecular formula is C16H16ClF4N3O2S. The standard InChI is InChI=1S/C16H15F4N3O2S.ClH/c17-12-3-1-2-11(8-12)14-10-21-6-7-23(14)26(24,25)13-4-5-15(22-9-13)16(18,19)20;/h1-5,8-9,14,21H,6-7,10H2;1H. The number of halogens is 5. The molecule has 0 bridgehead atoms. The number of pyridine rings is 1. The minimum atomic E-state index is -4.65. The first-order chi connectivity index (χ1) is 12.2. The van der Waals surface area contributed by atoms with E-state index in [4.69, 9.17) is 0 Å². The zero-order valence-electron chi connectivity index (χ0n) is 13.8. The summed E-state index contributed by atoms with van der Waals surface area (Å²) in [6, 6.07) is 6.41. The first-order valence-corrected chi connectivity index (χ1v) is 9.15. The van der Waals surface area contributed by atoms with Crippen LogP contribution in [0.25, 0.3) is 0 Å². The molecule has 27 heavy (non-hydrogen) atoms. The van der Waals surface area contributed by atoms with Crippen molar-refractivity contribution in [1.29, 1.82) is 0 Å². The zero-order chi connectivity index (χ0) is 18.9. The number of hydrogen-bond acceptors (Lipinski definition) is 4. The van der Waals surface area contributed by atoms with Crippen molar-refractivity contribution >= 4 is 22.4 Å². The van der Waals surface area contributed by atoms with Gasteiger partial charge in [-0.15, -0.1) is 12.4 Å². The van der Waals surface area contributed by atoms with E-state index in [1.54, 1.807) is 6.07 Å². The molecule has 1 aromatic carbocycles. The van der Waals surface area contributed by atoms with Crippen LogP contribution in [0, 0.1) is 5.82 Å². The lowest BCUT2D eigenvalue weighted by molar-refractivity contribution is -0.141. The van der Waals surface area contributed by atoms with Gasteiger partial charge >= 0.3 is 6.18 Å². The Morgan fingerprint density at radius 2 is 1.93 bits per heavy atom. The Morgan fingerprint density at radius 1 is 1.19 bits per heavy atom. The van der Waals surface area contributed by atoms with Crippen LogP contribution in [-0.4, -0.2) is 37.3 Å². The lowest BCUT2D eigenvalue weighted by Crippen LogP contribution is -2.48. The van der Waals surface area contributed by atoms with Gasteiger partial charge in [0.2, 0.25) is 10.0 Å². The Kier molecular flexibility index (Phi) is 6.46. The van der Waals surface area contributed by atoms with Crippen molar-refractivity contribution in [3.63, 3.8) is 0 Å². The Labute approximate surface area is 159 Å². The molecule has 0 saturated carbocycles. The molecule has 1 aliphatic rings. The molecule has 0 amide bonds. The maximum Gasteiger partial charge on any atom is 0.433 e. The number of sulfonamides is 1. The maximum absolute atomic E-state index is 13.5. The molecule has 2 heterocycles. The second-order valence-corrected chi connectivity index (χ2v) is 7.66. The normalized spacial score (nSPS) is 18.7. The largest absolute Gasteiger partial charge is 0.433 e. The lowest BCUT2D eigenvalue weighted by Gasteiger charge is -2.35. The molecule has 0 radical (unpaired) electrons. The van der Waals surface area contributed by atoms with Gasteiger partial charge in [0.05, 0.1) is 6.04 Å². The smallest absolute Gasteiger partial charge is 0.313 e. The molecule has 1 N–H and O–H groups in total. The van der Waals surface area contributed by atoms with Crippen LogP contribution in [0.1, 0.15) is 17.3 Å². The van der Waals surface area contributed by atoms with E-state index in [1.807, 2.05) is 0 Å². The number of nitrogens with zero attached hydrogens (tertiary/aromatic N) is 2. The number of aromatic nitrogens is 1. The third-order valence-corrected chi connectivity index (χ3v) is 5.95. The second kappa shape index (κ2) is 8.09. The van der Waals surface area contributed by atoms with E-state index >= 15 is 0 Å². The van der Waals surface area contributed by atoms with Crippen LogP contribution in [0.3, 0.4) is 0 Å². The van der Waals surface area contributed by atoms with E-state index in [9.17, 15) is 26.0 Å². The van der Waals surface area contributed by atoms with Crippen LogP contribution in [0.15, 0.2) is 47.5 Å². The summed E-state index contributed by atoms with van der Waals surface area (Å²) in [6.07, 6.45) is -3.95. The summed E-state index contributed by atoms with van der Waals surface area (Å²) < 4.78 is 78.4. The first-order valence-electron chi connectivity index (χ1n) is 7.71. The van der Waals surface area contributed by atoms with Gasteiger partial charge < -0.3 is 5.32 Å². The number of alkyl halides is 3. The van der Waals surface area contributed by atoms with Gasteiger partial charge in [-0.1, -0.05) is 12.1 Å². The summed E-state index contributed by atoms with van der Waals surface area (Å²) >= 11 is 0. The van der Waals surface area contributed by atoms with Gasteiger partial charge in [-0.05, 0) is 29.8 Å². The van der Waals surface area contributed by atoms with Gasteiger partial charge in [-0.25, -0.2) is 12.8 Å². The first kappa shape index (κ1) is 21.5. The van der Waals surface area contributed by atoms with Crippen molar-refractivity contribution in [1.82, 2.24) is 14.6 Å². The zero-order valence-corrected chi connectivity index (χ0v) is 15.4. The molecule has 3 rings (SSSR count). The number of nitrogens with one attached hydrogen (secondary N) is 1. The van der Waals surface area contributed by atoms with Gasteiger partial charge in [-0.3, -0.25) is 4.98 Å². The molecule has 1 saturated heterocycles. The van der Waals surface area contributed by atoms with Crippen molar-refractivity contribution < 1.29 is 26.0 Å². The lowest BCUT2D eigenvalue weighted by atomic mass is 10.1. The average molecular weight is 426 g/mol. The van der Waals surface area contributed by atoms with E-state index in [1.165, 1.54) is 18.2 Å². The summed E-state index contributed by atoms with van der Waals surface area (Å²) in [4.78, 5) is 2.88. The minimum Gasteiger partial charge on any atom is -0.313 e. The van der Waals surface area contributed by atoms with Crippen LogP contribution in [0.4, 0.5) is 17.6 Å². The Morgan fingerprint density at radius 3 is 2.52 bits per heavy atom. The highest BCUT2D eigenvalue weighted by atomic mass is 35.5.